The zero-order valence-electron chi connectivity index (χ0n) is 14.9. The minimum Gasteiger partial charge on any atom is -0.338 e. The van der Waals surface area contributed by atoms with Gasteiger partial charge in [-0.3, -0.25) is 9.59 Å². The molecule has 1 aromatic rings. The average molecular weight is 376 g/mol. The van der Waals surface area contributed by atoms with Crippen LogP contribution in [0, 0.1) is 0 Å². The second-order valence-corrected chi connectivity index (χ2v) is 5.75. The molecular formula is C18H24F4N2O2. The summed E-state index contributed by atoms with van der Waals surface area (Å²) in [6, 6.07) is 7.23. The fraction of sp³-hybridized carbons (Fsp3) is 0.556. The first-order valence-electron chi connectivity index (χ1n) is 8.51. The van der Waals surface area contributed by atoms with Crippen molar-refractivity contribution in [1.82, 2.24) is 9.80 Å². The van der Waals surface area contributed by atoms with E-state index in [1.54, 1.807) is 38.1 Å². The van der Waals surface area contributed by atoms with Crippen molar-refractivity contribution in [3.8, 4) is 0 Å². The number of rotatable bonds is 10. The molecule has 0 radical (unpaired) electrons. The van der Waals surface area contributed by atoms with E-state index in [1.807, 2.05) is 0 Å². The van der Waals surface area contributed by atoms with Crippen molar-refractivity contribution in [1.29, 1.82) is 0 Å². The summed E-state index contributed by atoms with van der Waals surface area (Å²) in [5.74, 6) is -2.35. The van der Waals surface area contributed by atoms with Crippen LogP contribution >= 0.6 is 0 Å². The van der Waals surface area contributed by atoms with Crippen LogP contribution in [0.2, 0.25) is 0 Å². The molecule has 0 aliphatic heterocycles. The van der Waals surface area contributed by atoms with Crippen LogP contribution in [0.1, 0.15) is 25.0 Å². The number of halogens is 4. The molecule has 0 saturated carbocycles. The lowest BCUT2D eigenvalue weighted by molar-refractivity contribution is -0.143. The maximum atomic E-state index is 12.5. The smallest absolute Gasteiger partial charge is 0.315 e. The molecule has 8 heteroatoms. The third-order valence-corrected chi connectivity index (χ3v) is 4.12. The number of nitrogens with zero attached hydrogens (tertiary/aromatic N) is 2. The summed E-state index contributed by atoms with van der Waals surface area (Å²) >= 11 is 0. The molecule has 26 heavy (non-hydrogen) atoms. The summed E-state index contributed by atoms with van der Waals surface area (Å²) < 4.78 is 49.9. The van der Waals surface area contributed by atoms with E-state index in [2.05, 4.69) is 0 Å². The van der Waals surface area contributed by atoms with Gasteiger partial charge in [0.15, 0.2) is 0 Å². The normalized spacial score (nSPS) is 11.1. The van der Waals surface area contributed by atoms with E-state index in [1.165, 1.54) is 0 Å². The summed E-state index contributed by atoms with van der Waals surface area (Å²) in [5.41, 5.74) is 1.76. The van der Waals surface area contributed by atoms with Crippen LogP contribution in [0.4, 0.5) is 17.6 Å². The highest BCUT2D eigenvalue weighted by atomic mass is 19.3. The second-order valence-electron chi connectivity index (χ2n) is 5.75. The standard InChI is InChI=1S/C18H24F4N2O2/c1-3-23(17(25)15(19)20)11-9-13-5-7-14(8-6-13)10-12-24(4-2)18(26)16(21)22/h5-8,15-16H,3-4,9-12H2,1-2H3. The van der Waals surface area contributed by atoms with Gasteiger partial charge in [-0.25, -0.2) is 0 Å². The molecule has 2 amide bonds. The SMILES string of the molecule is CCN(CCc1ccc(CCN(CC)C(=O)C(F)F)cc1)C(=O)C(F)F. The Morgan fingerprint density at radius 3 is 1.31 bits per heavy atom. The Balaban J connectivity index is 2.55. The quantitative estimate of drug-likeness (QED) is 0.589. The van der Waals surface area contributed by atoms with Gasteiger partial charge >= 0.3 is 12.9 Å². The van der Waals surface area contributed by atoms with Gasteiger partial charge in [-0.05, 0) is 37.8 Å². The molecule has 0 atom stereocenters. The lowest BCUT2D eigenvalue weighted by Crippen LogP contribution is -2.37. The minimum atomic E-state index is -3.00. The molecule has 146 valence electrons. The zero-order valence-corrected chi connectivity index (χ0v) is 14.9. The van der Waals surface area contributed by atoms with Crippen molar-refractivity contribution in [2.24, 2.45) is 0 Å². The Morgan fingerprint density at radius 2 is 1.08 bits per heavy atom. The van der Waals surface area contributed by atoms with Gasteiger partial charge in [-0.2, -0.15) is 17.6 Å². The summed E-state index contributed by atoms with van der Waals surface area (Å²) in [6.45, 7) is 4.11. The van der Waals surface area contributed by atoms with Crippen LogP contribution in [0.5, 0.6) is 0 Å². The second kappa shape index (κ2) is 10.8. The number of alkyl halides is 4. The summed E-state index contributed by atoms with van der Waals surface area (Å²) in [7, 11) is 0. The van der Waals surface area contributed by atoms with Crippen LogP contribution in [-0.2, 0) is 22.4 Å². The number of likely N-dealkylation sites (N-methyl/N-ethyl adjacent to an activating group) is 2. The van der Waals surface area contributed by atoms with Gasteiger partial charge in [-0.15, -0.1) is 0 Å². The van der Waals surface area contributed by atoms with E-state index in [9.17, 15) is 27.2 Å². The van der Waals surface area contributed by atoms with Crippen molar-refractivity contribution >= 4 is 11.8 Å². The highest BCUT2D eigenvalue weighted by Gasteiger charge is 2.22. The number of hydrogen-bond donors (Lipinski definition) is 0. The molecule has 0 unspecified atom stereocenters. The van der Waals surface area contributed by atoms with E-state index in [-0.39, 0.29) is 26.2 Å². The predicted molar refractivity (Wildman–Crippen MR) is 90.4 cm³/mol. The molecule has 1 rings (SSSR count). The molecule has 0 fully saturated rings. The topological polar surface area (TPSA) is 40.6 Å². The highest BCUT2D eigenvalue weighted by Crippen LogP contribution is 2.10. The lowest BCUT2D eigenvalue weighted by Gasteiger charge is -2.21. The molecule has 0 heterocycles. The molecule has 0 aliphatic rings. The van der Waals surface area contributed by atoms with Gasteiger partial charge in [0, 0.05) is 26.2 Å². The molecule has 0 bridgehead atoms. The largest absolute Gasteiger partial charge is 0.338 e. The fourth-order valence-electron chi connectivity index (χ4n) is 2.53. The Bertz CT molecular complexity index is 528. The van der Waals surface area contributed by atoms with Gasteiger partial charge < -0.3 is 9.80 Å². The minimum absolute atomic E-state index is 0.200. The Labute approximate surface area is 150 Å². The average Bonchev–Trinajstić information content (AvgIpc) is 2.63. The first kappa shape index (κ1) is 21.9. The lowest BCUT2D eigenvalue weighted by atomic mass is 10.1. The van der Waals surface area contributed by atoms with Gasteiger partial charge in [-0.1, -0.05) is 24.3 Å². The Morgan fingerprint density at radius 1 is 0.769 bits per heavy atom. The van der Waals surface area contributed by atoms with E-state index < -0.39 is 24.7 Å². The summed E-state index contributed by atoms with van der Waals surface area (Å²) in [6.07, 6.45) is -5.13. The van der Waals surface area contributed by atoms with Crippen LogP contribution in [-0.4, -0.2) is 60.6 Å². The molecule has 4 nitrogen and oxygen atoms in total. The van der Waals surface area contributed by atoms with Crippen molar-refractivity contribution in [2.75, 3.05) is 26.2 Å². The first-order valence-corrected chi connectivity index (χ1v) is 8.51. The maximum Gasteiger partial charge on any atom is 0.315 e. The highest BCUT2D eigenvalue weighted by molar-refractivity contribution is 5.79. The van der Waals surface area contributed by atoms with Crippen LogP contribution in [0.3, 0.4) is 0 Å². The van der Waals surface area contributed by atoms with Gasteiger partial charge in [0.2, 0.25) is 0 Å². The van der Waals surface area contributed by atoms with Crippen molar-refractivity contribution in [2.45, 2.75) is 39.5 Å². The molecule has 0 aliphatic carbocycles. The first-order chi connectivity index (χ1) is 12.3. The van der Waals surface area contributed by atoms with Crippen molar-refractivity contribution < 1.29 is 27.2 Å². The molecule has 1 aromatic carbocycles. The Hall–Kier alpha value is -2.12. The van der Waals surface area contributed by atoms with E-state index in [0.717, 1.165) is 20.9 Å². The zero-order chi connectivity index (χ0) is 19.7. The third kappa shape index (κ3) is 6.65. The number of carbonyl (C=O) groups excluding carboxylic acids is 2. The molecule has 0 aromatic heterocycles. The van der Waals surface area contributed by atoms with Gasteiger partial charge in [0.1, 0.15) is 0 Å². The molecular weight excluding hydrogens is 352 g/mol. The Kier molecular flexibility index (Phi) is 9.09. The number of carbonyl (C=O) groups is 2. The van der Waals surface area contributed by atoms with Crippen LogP contribution in [0.15, 0.2) is 24.3 Å². The van der Waals surface area contributed by atoms with Crippen LogP contribution in [0.25, 0.3) is 0 Å². The monoisotopic (exact) mass is 376 g/mol. The number of hydrogen-bond acceptors (Lipinski definition) is 2. The van der Waals surface area contributed by atoms with Gasteiger partial charge in [0.05, 0.1) is 0 Å². The van der Waals surface area contributed by atoms with Gasteiger partial charge in [0.25, 0.3) is 11.8 Å². The van der Waals surface area contributed by atoms with E-state index >= 15 is 0 Å². The van der Waals surface area contributed by atoms with Crippen molar-refractivity contribution in [3.05, 3.63) is 35.4 Å². The van der Waals surface area contributed by atoms with Crippen LogP contribution < -0.4 is 0 Å². The molecule has 0 spiro atoms. The molecule has 0 saturated heterocycles. The molecule has 0 N–H and O–H groups in total. The summed E-state index contributed by atoms with van der Waals surface area (Å²) in [5, 5.41) is 0. The summed E-state index contributed by atoms with van der Waals surface area (Å²) in [4.78, 5) is 24.8. The predicted octanol–water partition coefficient (Wildman–Crippen LogP) is 3.00. The number of benzene rings is 1. The maximum absolute atomic E-state index is 12.5. The van der Waals surface area contributed by atoms with Crippen molar-refractivity contribution in [3.63, 3.8) is 0 Å². The van der Waals surface area contributed by atoms with E-state index in [0.29, 0.717) is 12.8 Å². The third-order valence-electron chi connectivity index (χ3n) is 4.12. The fourth-order valence-corrected chi connectivity index (χ4v) is 2.53. The number of amides is 2. The van der Waals surface area contributed by atoms with E-state index in [4.69, 9.17) is 0 Å².